The van der Waals surface area contributed by atoms with Crippen LogP contribution in [0.5, 0.6) is 5.75 Å². The largest absolute Gasteiger partial charge is 0.489 e. The number of carbonyl (C=O) groups excluding carboxylic acids is 1. The molecule has 2 aromatic rings. The molecule has 0 bridgehead atoms. The molecular formula is C20H25BrN2O2. The first-order valence-corrected chi connectivity index (χ1v) is 9.14. The summed E-state index contributed by atoms with van der Waals surface area (Å²) in [6.07, 6.45) is 1.01. The van der Waals surface area contributed by atoms with E-state index < -0.39 is 0 Å². The molecule has 0 atom stereocenters. The number of nitrogens with one attached hydrogen (secondary N) is 1. The van der Waals surface area contributed by atoms with Gasteiger partial charge in [-0.25, -0.2) is 4.79 Å². The molecular weight excluding hydrogens is 380 g/mol. The van der Waals surface area contributed by atoms with Crippen molar-refractivity contribution in [1.29, 1.82) is 0 Å². The van der Waals surface area contributed by atoms with Crippen molar-refractivity contribution in [3.8, 4) is 5.75 Å². The molecule has 0 aromatic heterocycles. The number of benzene rings is 2. The van der Waals surface area contributed by atoms with Gasteiger partial charge in [-0.2, -0.15) is 0 Å². The summed E-state index contributed by atoms with van der Waals surface area (Å²) in [6.45, 7) is 6.70. The number of hydrogen-bond acceptors (Lipinski definition) is 2. The molecule has 4 nitrogen and oxygen atoms in total. The van der Waals surface area contributed by atoms with E-state index in [4.69, 9.17) is 4.74 Å². The summed E-state index contributed by atoms with van der Waals surface area (Å²) < 4.78 is 7.02. The van der Waals surface area contributed by atoms with Crippen LogP contribution in [0.1, 0.15) is 29.2 Å². The van der Waals surface area contributed by atoms with E-state index in [1.54, 1.807) is 19.0 Å². The Morgan fingerprint density at radius 1 is 1.24 bits per heavy atom. The first-order chi connectivity index (χ1) is 11.9. The molecule has 0 saturated carbocycles. The van der Waals surface area contributed by atoms with Gasteiger partial charge in [0.25, 0.3) is 0 Å². The summed E-state index contributed by atoms with van der Waals surface area (Å²) in [5.41, 5.74) is 5.44. The first-order valence-electron chi connectivity index (χ1n) is 8.34. The van der Waals surface area contributed by atoms with Gasteiger partial charge in [0.15, 0.2) is 0 Å². The van der Waals surface area contributed by atoms with Gasteiger partial charge in [0.1, 0.15) is 12.4 Å². The number of carbonyl (C=O) groups is 1. The lowest BCUT2D eigenvalue weighted by atomic mass is 10.0. The highest BCUT2D eigenvalue weighted by molar-refractivity contribution is 9.10. The highest BCUT2D eigenvalue weighted by Crippen LogP contribution is 2.30. The van der Waals surface area contributed by atoms with Gasteiger partial charge in [0, 0.05) is 24.1 Å². The minimum absolute atomic E-state index is 0.168. The summed E-state index contributed by atoms with van der Waals surface area (Å²) in [7, 11) is 3.37. The summed E-state index contributed by atoms with van der Waals surface area (Å²) in [5, 5.41) is 2.64. The molecule has 1 N–H and O–H groups in total. The van der Waals surface area contributed by atoms with Crippen molar-refractivity contribution in [2.45, 2.75) is 33.8 Å². The molecule has 0 aliphatic heterocycles. The molecule has 134 valence electrons. The molecule has 0 spiro atoms. The average Bonchev–Trinajstić information content (AvgIpc) is 2.61. The van der Waals surface area contributed by atoms with Gasteiger partial charge in [-0.3, -0.25) is 4.90 Å². The van der Waals surface area contributed by atoms with Crippen LogP contribution < -0.4 is 15.0 Å². The van der Waals surface area contributed by atoms with E-state index in [1.165, 1.54) is 11.1 Å². The Hall–Kier alpha value is -2.01. The quantitative estimate of drug-likeness (QED) is 0.762. The fourth-order valence-corrected chi connectivity index (χ4v) is 3.29. The smallest absolute Gasteiger partial charge is 0.321 e. The topological polar surface area (TPSA) is 41.6 Å². The molecule has 0 unspecified atom stereocenters. The maximum Gasteiger partial charge on any atom is 0.321 e. The number of hydrogen-bond donors (Lipinski definition) is 1. The van der Waals surface area contributed by atoms with Gasteiger partial charge in [-0.15, -0.1) is 0 Å². The van der Waals surface area contributed by atoms with Crippen molar-refractivity contribution in [3.05, 3.63) is 57.1 Å². The van der Waals surface area contributed by atoms with Gasteiger partial charge >= 0.3 is 6.03 Å². The molecule has 0 radical (unpaired) electrons. The number of nitrogens with zero attached hydrogens (tertiary/aromatic N) is 1. The molecule has 25 heavy (non-hydrogen) atoms. The van der Waals surface area contributed by atoms with Crippen molar-refractivity contribution in [3.63, 3.8) is 0 Å². The molecule has 2 aromatic carbocycles. The van der Waals surface area contributed by atoms with Crippen molar-refractivity contribution in [2.75, 3.05) is 19.0 Å². The van der Waals surface area contributed by atoms with E-state index in [-0.39, 0.29) is 6.03 Å². The zero-order valence-corrected chi connectivity index (χ0v) is 17.0. The van der Waals surface area contributed by atoms with E-state index in [0.717, 1.165) is 33.5 Å². The summed E-state index contributed by atoms with van der Waals surface area (Å²) in [6, 6.07) is 9.89. The minimum Gasteiger partial charge on any atom is -0.489 e. The van der Waals surface area contributed by atoms with Gasteiger partial charge in [0.05, 0.1) is 5.69 Å². The predicted molar refractivity (Wildman–Crippen MR) is 107 cm³/mol. The third-order valence-electron chi connectivity index (χ3n) is 4.36. The fourth-order valence-electron chi connectivity index (χ4n) is 2.82. The van der Waals surface area contributed by atoms with Crippen LogP contribution in [0.4, 0.5) is 10.5 Å². The normalized spacial score (nSPS) is 10.5. The van der Waals surface area contributed by atoms with E-state index >= 15 is 0 Å². The molecule has 0 aliphatic carbocycles. The van der Waals surface area contributed by atoms with Crippen LogP contribution in [-0.2, 0) is 13.0 Å². The zero-order valence-electron chi connectivity index (χ0n) is 15.4. The Morgan fingerprint density at radius 3 is 2.60 bits per heavy atom. The molecule has 0 aliphatic rings. The Kier molecular flexibility index (Phi) is 6.48. The Morgan fingerprint density at radius 2 is 1.96 bits per heavy atom. The van der Waals surface area contributed by atoms with Crippen LogP contribution in [0, 0.1) is 13.8 Å². The lowest BCUT2D eigenvalue weighted by Gasteiger charge is -2.22. The van der Waals surface area contributed by atoms with Gasteiger partial charge in [0.2, 0.25) is 0 Å². The highest BCUT2D eigenvalue weighted by atomic mass is 79.9. The second-order valence-electron chi connectivity index (χ2n) is 6.04. The van der Waals surface area contributed by atoms with Crippen molar-refractivity contribution in [2.24, 2.45) is 0 Å². The molecule has 0 saturated heterocycles. The van der Waals surface area contributed by atoms with Crippen molar-refractivity contribution >= 4 is 27.6 Å². The van der Waals surface area contributed by atoms with E-state index in [1.807, 2.05) is 18.2 Å². The fraction of sp³-hybridized carbons (Fsp3) is 0.350. The Bertz CT molecular complexity index is 775. The standard InChI is InChI=1S/C20H25BrN2O2/c1-6-15-10-14(3)19(11-13(15)2)25-12-16-17(21)8-7-9-18(16)23(5)20(24)22-4/h7-11H,6,12H2,1-5H3,(H,22,24). The molecule has 0 heterocycles. The highest BCUT2D eigenvalue weighted by Gasteiger charge is 2.16. The van der Waals surface area contributed by atoms with Gasteiger partial charge in [-0.05, 0) is 55.2 Å². The summed E-state index contributed by atoms with van der Waals surface area (Å²) >= 11 is 3.58. The SMILES string of the molecule is CCc1cc(C)c(OCc2c(Br)cccc2N(C)C(=O)NC)cc1C. The van der Waals surface area contributed by atoms with Crippen LogP contribution in [0.2, 0.25) is 0 Å². The summed E-state index contributed by atoms with van der Waals surface area (Å²) in [5.74, 6) is 0.874. The predicted octanol–water partition coefficient (Wildman–Crippen LogP) is 4.98. The van der Waals surface area contributed by atoms with Crippen LogP contribution in [-0.4, -0.2) is 20.1 Å². The molecule has 2 amide bonds. The monoisotopic (exact) mass is 404 g/mol. The third-order valence-corrected chi connectivity index (χ3v) is 5.10. The first kappa shape index (κ1) is 19.3. The number of aryl methyl sites for hydroxylation is 3. The van der Waals surface area contributed by atoms with Gasteiger partial charge < -0.3 is 10.1 Å². The number of ether oxygens (including phenoxy) is 1. The van der Waals surface area contributed by atoms with Crippen molar-refractivity contribution < 1.29 is 9.53 Å². The van der Waals surface area contributed by atoms with E-state index in [0.29, 0.717) is 6.61 Å². The maximum atomic E-state index is 12.0. The number of amides is 2. The Labute approximate surface area is 158 Å². The molecule has 0 fully saturated rings. The second kappa shape index (κ2) is 8.39. The molecule has 5 heteroatoms. The summed E-state index contributed by atoms with van der Waals surface area (Å²) in [4.78, 5) is 13.6. The number of rotatable bonds is 5. The lowest BCUT2D eigenvalue weighted by Crippen LogP contribution is -2.35. The zero-order chi connectivity index (χ0) is 18.6. The second-order valence-corrected chi connectivity index (χ2v) is 6.89. The number of urea groups is 1. The van der Waals surface area contributed by atoms with Gasteiger partial charge in [-0.1, -0.05) is 35.0 Å². The van der Waals surface area contributed by atoms with Crippen LogP contribution in [0.25, 0.3) is 0 Å². The van der Waals surface area contributed by atoms with Crippen LogP contribution >= 0.6 is 15.9 Å². The maximum absolute atomic E-state index is 12.0. The van der Waals surface area contributed by atoms with Crippen LogP contribution in [0.3, 0.4) is 0 Å². The van der Waals surface area contributed by atoms with E-state index in [2.05, 4.69) is 54.2 Å². The van der Waals surface area contributed by atoms with Crippen LogP contribution in [0.15, 0.2) is 34.8 Å². The van der Waals surface area contributed by atoms with E-state index in [9.17, 15) is 4.79 Å². The number of halogens is 1. The third kappa shape index (κ3) is 4.34. The minimum atomic E-state index is -0.168. The lowest BCUT2D eigenvalue weighted by molar-refractivity contribution is 0.249. The average molecular weight is 405 g/mol. The number of anilines is 1. The van der Waals surface area contributed by atoms with Crippen molar-refractivity contribution in [1.82, 2.24) is 5.32 Å². The Balaban J connectivity index is 2.30. The molecule has 2 rings (SSSR count).